The van der Waals surface area contributed by atoms with E-state index in [9.17, 15) is 9.59 Å². The fourth-order valence-electron chi connectivity index (χ4n) is 3.04. The van der Waals surface area contributed by atoms with E-state index in [1.54, 1.807) is 6.92 Å². The number of aryl methyl sites for hydroxylation is 1. The van der Waals surface area contributed by atoms with Crippen molar-refractivity contribution < 1.29 is 4.79 Å². The summed E-state index contributed by atoms with van der Waals surface area (Å²) in [5.74, 6) is -0.291. The number of carbonyl (C=O) groups excluding carboxylic acids is 1. The standard InChI is InChI=1S/C20H21N5O2/c1-12-14(19(27)25-18(23-12)13(10-21)11-22-25)9-17(26)24-16-8-6-5-7-15(16)20(2,3)4/h5-8,11,22H,9H2,1-4H3,(H,24,26). The molecule has 2 aromatic heterocycles. The SMILES string of the molecule is Cc1nc2c(C#N)c[nH]n2c(=O)c1CC(=O)Nc1ccccc1C(C)(C)C. The molecule has 0 atom stereocenters. The highest BCUT2D eigenvalue weighted by Gasteiger charge is 2.20. The molecule has 27 heavy (non-hydrogen) atoms. The van der Waals surface area contributed by atoms with E-state index in [0.29, 0.717) is 11.3 Å². The van der Waals surface area contributed by atoms with Crippen LogP contribution >= 0.6 is 0 Å². The van der Waals surface area contributed by atoms with Crippen molar-refractivity contribution in [2.75, 3.05) is 5.32 Å². The van der Waals surface area contributed by atoms with Crippen LogP contribution < -0.4 is 10.9 Å². The molecule has 0 fully saturated rings. The maximum atomic E-state index is 12.7. The van der Waals surface area contributed by atoms with E-state index in [0.717, 1.165) is 11.3 Å². The molecule has 138 valence electrons. The molecular formula is C20H21N5O2. The topological polar surface area (TPSA) is 103 Å². The summed E-state index contributed by atoms with van der Waals surface area (Å²) in [5, 5.41) is 14.7. The zero-order valence-electron chi connectivity index (χ0n) is 15.8. The first-order chi connectivity index (χ1) is 12.7. The molecule has 3 aromatic rings. The highest BCUT2D eigenvalue weighted by Crippen LogP contribution is 2.29. The average molecular weight is 363 g/mol. The lowest BCUT2D eigenvalue weighted by molar-refractivity contribution is -0.115. The Kier molecular flexibility index (Phi) is 4.58. The van der Waals surface area contributed by atoms with Crippen LogP contribution in [0, 0.1) is 18.3 Å². The van der Waals surface area contributed by atoms with E-state index in [4.69, 9.17) is 5.26 Å². The number of para-hydroxylation sites is 1. The number of hydrogen-bond acceptors (Lipinski definition) is 4. The summed E-state index contributed by atoms with van der Waals surface area (Å²) < 4.78 is 1.19. The maximum absolute atomic E-state index is 12.7. The smallest absolute Gasteiger partial charge is 0.276 e. The first-order valence-corrected chi connectivity index (χ1v) is 8.61. The third kappa shape index (κ3) is 3.47. The molecular weight excluding hydrogens is 342 g/mol. The van der Waals surface area contributed by atoms with Crippen molar-refractivity contribution in [3.8, 4) is 6.07 Å². The number of H-pyrrole nitrogens is 1. The molecule has 0 saturated carbocycles. The van der Waals surface area contributed by atoms with Crippen LogP contribution in [0.4, 0.5) is 5.69 Å². The van der Waals surface area contributed by atoms with E-state index < -0.39 is 0 Å². The average Bonchev–Trinajstić information content (AvgIpc) is 3.01. The lowest BCUT2D eigenvalue weighted by Crippen LogP contribution is -2.27. The number of aromatic nitrogens is 3. The lowest BCUT2D eigenvalue weighted by Gasteiger charge is -2.23. The molecule has 0 radical (unpaired) electrons. The van der Waals surface area contributed by atoms with Gasteiger partial charge in [-0.25, -0.2) is 9.50 Å². The van der Waals surface area contributed by atoms with Crippen LogP contribution in [0.5, 0.6) is 0 Å². The highest BCUT2D eigenvalue weighted by molar-refractivity contribution is 5.93. The Morgan fingerprint density at radius 3 is 2.70 bits per heavy atom. The zero-order chi connectivity index (χ0) is 19.8. The molecule has 0 aliphatic carbocycles. The second-order valence-electron chi connectivity index (χ2n) is 7.46. The minimum absolute atomic E-state index is 0.0972. The van der Waals surface area contributed by atoms with Gasteiger partial charge in [-0.2, -0.15) is 5.26 Å². The van der Waals surface area contributed by atoms with Gasteiger partial charge in [0, 0.05) is 23.1 Å². The Labute approximate surface area is 156 Å². The van der Waals surface area contributed by atoms with E-state index in [2.05, 4.69) is 36.2 Å². The number of hydrogen-bond donors (Lipinski definition) is 2. The molecule has 1 amide bonds. The Hall–Kier alpha value is -3.40. The molecule has 1 aromatic carbocycles. The van der Waals surface area contributed by atoms with Gasteiger partial charge in [0.05, 0.1) is 6.42 Å². The van der Waals surface area contributed by atoms with Crippen LogP contribution in [0.15, 0.2) is 35.3 Å². The van der Waals surface area contributed by atoms with Gasteiger partial charge in [0.25, 0.3) is 5.56 Å². The maximum Gasteiger partial charge on any atom is 0.276 e. The summed E-state index contributed by atoms with van der Waals surface area (Å²) in [4.78, 5) is 29.6. The van der Waals surface area contributed by atoms with E-state index in [1.807, 2.05) is 30.3 Å². The van der Waals surface area contributed by atoms with Crippen LogP contribution in [0.25, 0.3) is 5.65 Å². The zero-order valence-corrected chi connectivity index (χ0v) is 15.8. The second kappa shape index (κ2) is 6.72. The molecule has 0 aliphatic rings. The van der Waals surface area contributed by atoms with Crippen molar-refractivity contribution in [2.45, 2.75) is 39.5 Å². The first-order valence-electron chi connectivity index (χ1n) is 8.61. The van der Waals surface area contributed by atoms with Crippen LogP contribution in [-0.2, 0) is 16.6 Å². The van der Waals surface area contributed by atoms with Gasteiger partial charge in [-0.05, 0) is 24.0 Å². The predicted molar refractivity (Wildman–Crippen MR) is 103 cm³/mol. The number of carbonyl (C=O) groups is 1. The summed E-state index contributed by atoms with van der Waals surface area (Å²) in [7, 11) is 0. The van der Waals surface area contributed by atoms with Crippen molar-refractivity contribution >= 4 is 17.2 Å². The van der Waals surface area contributed by atoms with Crippen LogP contribution in [0.3, 0.4) is 0 Å². The monoisotopic (exact) mass is 363 g/mol. The minimum Gasteiger partial charge on any atom is -0.326 e. The largest absolute Gasteiger partial charge is 0.326 e. The fourth-order valence-corrected chi connectivity index (χ4v) is 3.04. The first kappa shape index (κ1) is 18.4. The number of nitriles is 1. The van der Waals surface area contributed by atoms with Crippen molar-refractivity contribution in [1.29, 1.82) is 5.26 Å². The van der Waals surface area contributed by atoms with Gasteiger partial charge in [-0.15, -0.1) is 0 Å². The van der Waals surface area contributed by atoms with Crippen LogP contribution in [0.1, 0.15) is 43.2 Å². The Morgan fingerprint density at radius 2 is 2.04 bits per heavy atom. The quantitative estimate of drug-likeness (QED) is 0.746. The summed E-state index contributed by atoms with van der Waals surface area (Å²) in [5.41, 5.74) is 2.53. The fraction of sp³-hybridized carbons (Fsp3) is 0.300. The molecule has 0 aliphatic heterocycles. The molecule has 7 heteroatoms. The molecule has 3 rings (SSSR count). The van der Waals surface area contributed by atoms with E-state index in [1.165, 1.54) is 10.7 Å². The normalized spacial score (nSPS) is 11.4. The predicted octanol–water partition coefficient (Wildman–Crippen LogP) is 2.68. The van der Waals surface area contributed by atoms with Gasteiger partial charge >= 0.3 is 0 Å². The van der Waals surface area contributed by atoms with Gasteiger partial charge in [-0.3, -0.25) is 14.7 Å². The Bertz CT molecular complexity index is 1130. The molecule has 7 nitrogen and oxygen atoms in total. The number of amides is 1. The summed E-state index contributed by atoms with van der Waals surface area (Å²) >= 11 is 0. The third-order valence-corrected chi connectivity index (χ3v) is 4.43. The highest BCUT2D eigenvalue weighted by atomic mass is 16.2. The number of rotatable bonds is 3. The number of anilines is 1. The second-order valence-corrected chi connectivity index (χ2v) is 7.46. The van der Waals surface area contributed by atoms with Crippen molar-refractivity contribution in [3.63, 3.8) is 0 Å². The van der Waals surface area contributed by atoms with E-state index in [-0.39, 0.29) is 34.5 Å². The molecule has 0 unspecified atom stereocenters. The van der Waals surface area contributed by atoms with Gasteiger partial charge < -0.3 is 5.32 Å². The number of nitrogens with zero attached hydrogens (tertiary/aromatic N) is 3. The van der Waals surface area contributed by atoms with Gasteiger partial charge in [0.1, 0.15) is 11.6 Å². The third-order valence-electron chi connectivity index (χ3n) is 4.43. The van der Waals surface area contributed by atoms with Crippen LogP contribution in [0.2, 0.25) is 0 Å². The number of benzene rings is 1. The molecule has 0 saturated heterocycles. The van der Waals surface area contributed by atoms with Gasteiger partial charge in [0.2, 0.25) is 5.91 Å². The summed E-state index contributed by atoms with van der Waals surface area (Å²) in [6.45, 7) is 7.89. The molecule has 2 heterocycles. The van der Waals surface area contributed by atoms with Gasteiger partial charge in [0.15, 0.2) is 5.65 Å². The van der Waals surface area contributed by atoms with Gasteiger partial charge in [-0.1, -0.05) is 39.0 Å². The van der Waals surface area contributed by atoms with E-state index >= 15 is 0 Å². The summed E-state index contributed by atoms with van der Waals surface area (Å²) in [6, 6.07) is 9.61. The van der Waals surface area contributed by atoms with Crippen LogP contribution in [-0.4, -0.2) is 20.5 Å². The number of aromatic amines is 1. The summed E-state index contributed by atoms with van der Waals surface area (Å²) in [6.07, 6.45) is 1.33. The molecule has 0 bridgehead atoms. The minimum atomic E-state index is -0.377. The van der Waals surface area contributed by atoms with Crippen molar-refractivity contribution in [1.82, 2.24) is 14.6 Å². The Balaban J connectivity index is 1.92. The lowest BCUT2D eigenvalue weighted by atomic mass is 9.86. The number of nitrogens with one attached hydrogen (secondary N) is 2. The molecule has 0 spiro atoms. The number of fused-ring (bicyclic) bond motifs is 1. The van der Waals surface area contributed by atoms with Crippen molar-refractivity contribution in [3.05, 3.63) is 63.2 Å². The van der Waals surface area contributed by atoms with Crippen molar-refractivity contribution in [2.24, 2.45) is 0 Å². The molecule has 2 N–H and O–H groups in total. The Morgan fingerprint density at radius 1 is 1.33 bits per heavy atom.